The van der Waals surface area contributed by atoms with Crippen LogP contribution in [0.4, 0.5) is 0 Å². The minimum atomic E-state index is 0.233. The minimum absolute atomic E-state index is 0.233. The number of rotatable bonds is 3. The van der Waals surface area contributed by atoms with Gasteiger partial charge in [-0.05, 0) is 12.3 Å². The molecule has 0 saturated carbocycles. The number of aromatic nitrogens is 2. The van der Waals surface area contributed by atoms with E-state index in [-0.39, 0.29) is 6.61 Å². The second kappa shape index (κ2) is 3.53. The third kappa shape index (κ3) is 2.35. The maximum absolute atomic E-state index is 8.77. The molecule has 0 aliphatic carbocycles. The molecule has 0 saturated heterocycles. The van der Waals surface area contributed by atoms with Gasteiger partial charge in [0, 0.05) is 19.9 Å². The van der Waals surface area contributed by atoms with E-state index in [9.17, 15) is 0 Å². The fraction of sp³-hybridized carbons (Fsp3) is 0.625. The first-order valence-corrected chi connectivity index (χ1v) is 3.80. The molecule has 1 unspecified atom stereocenters. The Morgan fingerprint density at radius 3 is 2.91 bits per heavy atom. The summed E-state index contributed by atoms with van der Waals surface area (Å²) < 4.78 is 1.92. The molecule has 1 N–H and O–H groups in total. The third-order valence-corrected chi connectivity index (χ3v) is 1.63. The molecule has 3 nitrogen and oxygen atoms in total. The number of hydrogen-bond donors (Lipinski definition) is 1. The average Bonchev–Trinajstić information content (AvgIpc) is 2.35. The minimum Gasteiger partial charge on any atom is -0.396 e. The molecule has 3 heteroatoms. The quantitative estimate of drug-likeness (QED) is 0.692. The molecule has 11 heavy (non-hydrogen) atoms. The third-order valence-electron chi connectivity index (χ3n) is 1.63. The largest absolute Gasteiger partial charge is 0.396 e. The number of aryl methyl sites for hydroxylation is 1. The van der Waals surface area contributed by atoms with Crippen LogP contribution in [0, 0.1) is 5.92 Å². The van der Waals surface area contributed by atoms with Crippen LogP contribution in [0.1, 0.15) is 12.6 Å². The zero-order valence-corrected chi connectivity index (χ0v) is 6.99. The fourth-order valence-electron chi connectivity index (χ4n) is 0.994. The number of nitrogens with zero attached hydrogens (tertiary/aromatic N) is 2. The van der Waals surface area contributed by atoms with Gasteiger partial charge in [-0.25, -0.2) is 4.98 Å². The highest BCUT2D eigenvalue weighted by Crippen LogP contribution is 2.04. The molecule has 62 valence electrons. The molecule has 0 spiro atoms. The Hall–Kier alpha value is -0.830. The monoisotopic (exact) mass is 154 g/mol. The topological polar surface area (TPSA) is 38.0 Å². The summed E-state index contributed by atoms with van der Waals surface area (Å²) >= 11 is 0. The first-order valence-electron chi connectivity index (χ1n) is 3.80. The van der Waals surface area contributed by atoms with Gasteiger partial charge < -0.3 is 9.67 Å². The number of aliphatic hydroxyl groups excluding tert-OH is 1. The Kier molecular flexibility index (Phi) is 2.65. The van der Waals surface area contributed by atoms with Crippen molar-refractivity contribution < 1.29 is 5.11 Å². The molecule has 0 bridgehead atoms. The van der Waals surface area contributed by atoms with Gasteiger partial charge in [-0.1, -0.05) is 6.92 Å². The smallest absolute Gasteiger partial charge is 0.0946 e. The summed E-state index contributed by atoms with van der Waals surface area (Å²) in [5, 5.41) is 8.77. The van der Waals surface area contributed by atoms with Crippen LogP contribution in [0.25, 0.3) is 0 Å². The highest BCUT2D eigenvalue weighted by molar-refractivity contribution is 4.96. The van der Waals surface area contributed by atoms with Crippen LogP contribution >= 0.6 is 0 Å². The molecule has 1 aromatic heterocycles. The van der Waals surface area contributed by atoms with Crippen molar-refractivity contribution in [3.8, 4) is 0 Å². The van der Waals surface area contributed by atoms with Crippen molar-refractivity contribution in [3.63, 3.8) is 0 Å². The summed E-state index contributed by atoms with van der Waals surface area (Å²) in [6.07, 6.45) is 4.61. The number of hydrogen-bond acceptors (Lipinski definition) is 2. The van der Waals surface area contributed by atoms with Crippen molar-refractivity contribution >= 4 is 0 Å². The van der Waals surface area contributed by atoms with Crippen LogP contribution < -0.4 is 0 Å². The van der Waals surface area contributed by atoms with E-state index in [4.69, 9.17) is 5.11 Å². The zero-order chi connectivity index (χ0) is 8.27. The summed E-state index contributed by atoms with van der Waals surface area (Å²) in [5.74, 6) is 0.310. The van der Waals surface area contributed by atoms with E-state index in [2.05, 4.69) is 4.98 Å². The summed E-state index contributed by atoms with van der Waals surface area (Å²) in [5.41, 5.74) is 1.05. The van der Waals surface area contributed by atoms with Crippen LogP contribution in [0.5, 0.6) is 0 Å². The molecular weight excluding hydrogens is 140 g/mol. The SMILES string of the molecule is CC(CO)Cc1cn(C)cn1. The van der Waals surface area contributed by atoms with E-state index in [1.807, 2.05) is 24.7 Å². The van der Waals surface area contributed by atoms with Gasteiger partial charge >= 0.3 is 0 Å². The molecule has 1 aromatic rings. The summed E-state index contributed by atoms with van der Waals surface area (Å²) in [6, 6.07) is 0. The highest BCUT2D eigenvalue weighted by Gasteiger charge is 2.03. The number of aliphatic hydroxyl groups is 1. The molecule has 0 aromatic carbocycles. The van der Waals surface area contributed by atoms with Gasteiger partial charge in [-0.15, -0.1) is 0 Å². The van der Waals surface area contributed by atoms with Crippen LogP contribution in [-0.4, -0.2) is 21.3 Å². The van der Waals surface area contributed by atoms with E-state index in [0.717, 1.165) is 12.1 Å². The Labute approximate surface area is 66.7 Å². The predicted octanol–water partition coefficient (Wildman–Crippen LogP) is 0.591. The lowest BCUT2D eigenvalue weighted by Gasteiger charge is -2.02. The summed E-state index contributed by atoms with van der Waals surface area (Å²) in [6.45, 7) is 2.24. The normalized spacial score (nSPS) is 13.4. The molecule has 0 fully saturated rings. The van der Waals surface area contributed by atoms with Crippen LogP contribution in [0.3, 0.4) is 0 Å². The molecule has 0 radical (unpaired) electrons. The van der Waals surface area contributed by atoms with Crippen LogP contribution in [-0.2, 0) is 13.5 Å². The van der Waals surface area contributed by atoms with Crippen molar-refractivity contribution in [1.29, 1.82) is 0 Å². The maximum atomic E-state index is 8.77. The van der Waals surface area contributed by atoms with E-state index in [0.29, 0.717) is 5.92 Å². The van der Waals surface area contributed by atoms with E-state index < -0.39 is 0 Å². The molecule has 0 aliphatic heterocycles. The fourth-order valence-corrected chi connectivity index (χ4v) is 0.994. The summed E-state index contributed by atoms with van der Waals surface area (Å²) in [4.78, 5) is 4.16. The lowest BCUT2D eigenvalue weighted by Crippen LogP contribution is -2.04. The second-order valence-electron chi connectivity index (χ2n) is 3.02. The first-order chi connectivity index (χ1) is 5.22. The van der Waals surface area contributed by atoms with Crippen molar-refractivity contribution in [1.82, 2.24) is 9.55 Å². The van der Waals surface area contributed by atoms with Crippen molar-refractivity contribution in [3.05, 3.63) is 18.2 Å². The van der Waals surface area contributed by atoms with Gasteiger partial charge in [0.15, 0.2) is 0 Å². The van der Waals surface area contributed by atoms with Gasteiger partial charge in [0.2, 0.25) is 0 Å². The van der Waals surface area contributed by atoms with Gasteiger partial charge in [0.1, 0.15) is 0 Å². The van der Waals surface area contributed by atoms with Crippen molar-refractivity contribution in [2.75, 3.05) is 6.61 Å². The van der Waals surface area contributed by atoms with Gasteiger partial charge in [-0.3, -0.25) is 0 Å². The number of imidazole rings is 1. The lowest BCUT2D eigenvalue weighted by atomic mass is 10.1. The Balaban J connectivity index is 2.50. The maximum Gasteiger partial charge on any atom is 0.0946 e. The van der Waals surface area contributed by atoms with E-state index >= 15 is 0 Å². The molecule has 0 amide bonds. The zero-order valence-electron chi connectivity index (χ0n) is 6.99. The molecule has 0 aliphatic rings. The Morgan fingerprint density at radius 2 is 2.45 bits per heavy atom. The Bertz CT molecular complexity index is 220. The molecule has 1 rings (SSSR count). The first kappa shape index (κ1) is 8.27. The van der Waals surface area contributed by atoms with Gasteiger partial charge in [0.05, 0.1) is 12.0 Å². The van der Waals surface area contributed by atoms with Crippen molar-refractivity contribution in [2.24, 2.45) is 13.0 Å². The van der Waals surface area contributed by atoms with Crippen LogP contribution in [0.15, 0.2) is 12.5 Å². The molecule has 1 heterocycles. The average molecular weight is 154 g/mol. The molecular formula is C8H14N2O. The second-order valence-corrected chi connectivity index (χ2v) is 3.02. The molecule has 1 atom stereocenters. The predicted molar refractivity (Wildman–Crippen MR) is 43.2 cm³/mol. The lowest BCUT2D eigenvalue weighted by molar-refractivity contribution is 0.236. The van der Waals surface area contributed by atoms with Crippen molar-refractivity contribution in [2.45, 2.75) is 13.3 Å². The standard InChI is InChI=1S/C8H14N2O/c1-7(5-11)3-8-4-10(2)6-9-8/h4,6-7,11H,3,5H2,1-2H3. The van der Waals surface area contributed by atoms with E-state index in [1.165, 1.54) is 0 Å². The highest BCUT2D eigenvalue weighted by atomic mass is 16.3. The van der Waals surface area contributed by atoms with Gasteiger partial charge in [0.25, 0.3) is 0 Å². The summed E-state index contributed by atoms with van der Waals surface area (Å²) in [7, 11) is 1.94. The van der Waals surface area contributed by atoms with Gasteiger partial charge in [-0.2, -0.15) is 0 Å². The van der Waals surface area contributed by atoms with E-state index in [1.54, 1.807) is 6.33 Å². The Morgan fingerprint density at radius 1 is 1.73 bits per heavy atom. The van der Waals surface area contributed by atoms with Crippen LogP contribution in [0.2, 0.25) is 0 Å².